The third kappa shape index (κ3) is 8.91. The molecule has 0 amide bonds. The summed E-state index contributed by atoms with van der Waals surface area (Å²) in [5, 5.41) is 0. The van der Waals surface area contributed by atoms with Crippen LogP contribution in [0.1, 0.15) is 59.3 Å². The number of benzene rings is 1. The molecule has 0 radical (unpaired) electrons. The Hall–Kier alpha value is -2.47. The topological polar surface area (TPSA) is 70.5 Å². The van der Waals surface area contributed by atoms with Gasteiger partial charge in [-0.2, -0.15) is 0 Å². The summed E-state index contributed by atoms with van der Waals surface area (Å²) in [5.74, 6) is 1.85. The molecule has 0 aliphatic rings. The first kappa shape index (κ1) is 23.8. The van der Waals surface area contributed by atoms with E-state index in [9.17, 15) is 4.79 Å². The Morgan fingerprint density at radius 1 is 0.933 bits per heavy atom. The van der Waals surface area contributed by atoms with Gasteiger partial charge in [-0.25, -0.2) is 9.97 Å². The molecule has 0 bridgehead atoms. The van der Waals surface area contributed by atoms with Gasteiger partial charge < -0.3 is 14.2 Å². The average Bonchev–Trinajstić information content (AvgIpc) is 2.76. The highest BCUT2D eigenvalue weighted by atomic mass is 16.5. The van der Waals surface area contributed by atoms with Crippen LogP contribution in [0.25, 0.3) is 11.4 Å². The molecule has 0 saturated heterocycles. The number of hydrogen-bond donors (Lipinski definition) is 0. The zero-order valence-corrected chi connectivity index (χ0v) is 18.4. The molecule has 30 heavy (non-hydrogen) atoms. The van der Waals surface area contributed by atoms with E-state index >= 15 is 0 Å². The van der Waals surface area contributed by atoms with Crippen LogP contribution in [0.5, 0.6) is 11.5 Å². The number of esters is 1. The van der Waals surface area contributed by atoms with Gasteiger partial charge >= 0.3 is 5.97 Å². The van der Waals surface area contributed by atoms with Crippen molar-refractivity contribution in [2.75, 3.05) is 19.8 Å². The van der Waals surface area contributed by atoms with Crippen molar-refractivity contribution < 1.29 is 19.0 Å². The normalized spacial score (nSPS) is 11.8. The van der Waals surface area contributed by atoms with Crippen LogP contribution in [0.15, 0.2) is 36.7 Å². The second-order valence-electron chi connectivity index (χ2n) is 7.48. The number of carbonyl (C=O) groups excluding carboxylic acids is 1. The summed E-state index contributed by atoms with van der Waals surface area (Å²) >= 11 is 0. The lowest BCUT2D eigenvalue weighted by atomic mass is 10.1. The molecule has 0 spiro atoms. The Kier molecular flexibility index (Phi) is 10.9. The van der Waals surface area contributed by atoms with Crippen LogP contribution >= 0.6 is 0 Å². The van der Waals surface area contributed by atoms with E-state index in [0.717, 1.165) is 25.0 Å². The lowest BCUT2D eigenvalue weighted by Gasteiger charge is -2.09. The van der Waals surface area contributed by atoms with Gasteiger partial charge in [0.2, 0.25) is 0 Å². The molecule has 2 aromatic rings. The second kappa shape index (κ2) is 13.7. The number of rotatable bonds is 14. The number of nitrogens with zero attached hydrogens (tertiary/aromatic N) is 2. The number of hydrogen-bond acceptors (Lipinski definition) is 6. The van der Waals surface area contributed by atoms with Crippen molar-refractivity contribution in [2.45, 2.75) is 59.3 Å². The minimum atomic E-state index is -0.209. The van der Waals surface area contributed by atoms with E-state index < -0.39 is 0 Å². The predicted octanol–water partition coefficient (Wildman–Crippen LogP) is 5.46. The highest BCUT2D eigenvalue weighted by molar-refractivity contribution is 5.72. The highest BCUT2D eigenvalue weighted by Gasteiger charge is 2.10. The Morgan fingerprint density at radius 2 is 1.67 bits per heavy atom. The van der Waals surface area contributed by atoms with E-state index in [1.165, 1.54) is 19.3 Å². The van der Waals surface area contributed by atoms with Crippen molar-refractivity contribution in [1.29, 1.82) is 0 Å². The van der Waals surface area contributed by atoms with Crippen LogP contribution in [-0.2, 0) is 9.53 Å². The molecular weight excluding hydrogens is 380 g/mol. The van der Waals surface area contributed by atoms with Crippen molar-refractivity contribution in [3.05, 3.63) is 36.7 Å². The fourth-order valence-corrected chi connectivity index (χ4v) is 2.77. The third-order valence-corrected chi connectivity index (χ3v) is 4.82. The quantitative estimate of drug-likeness (QED) is 0.232. The van der Waals surface area contributed by atoms with Gasteiger partial charge in [0.1, 0.15) is 12.4 Å². The molecule has 1 heterocycles. The molecule has 2 rings (SSSR count). The predicted molar refractivity (Wildman–Crippen MR) is 118 cm³/mol. The summed E-state index contributed by atoms with van der Waals surface area (Å²) in [4.78, 5) is 20.6. The van der Waals surface area contributed by atoms with Crippen molar-refractivity contribution in [3.63, 3.8) is 0 Å². The molecule has 1 unspecified atom stereocenters. The molecule has 0 aliphatic heterocycles. The summed E-state index contributed by atoms with van der Waals surface area (Å²) < 4.78 is 16.6. The summed E-state index contributed by atoms with van der Waals surface area (Å²) in [6, 6.07) is 7.20. The summed E-state index contributed by atoms with van der Waals surface area (Å²) in [7, 11) is 0. The van der Waals surface area contributed by atoms with E-state index in [1.807, 2.05) is 19.1 Å². The van der Waals surface area contributed by atoms with E-state index in [0.29, 0.717) is 42.9 Å². The Balaban J connectivity index is 1.74. The molecule has 164 valence electrons. The van der Waals surface area contributed by atoms with Crippen LogP contribution in [0, 0.1) is 5.92 Å². The smallest absolute Gasteiger partial charge is 0.311 e. The van der Waals surface area contributed by atoms with Crippen molar-refractivity contribution in [3.8, 4) is 22.9 Å². The van der Waals surface area contributed by atoms with Gasteiger partial charge in [-0.3, -0.25) is 4.79 Å². The van der Waals surface area contributed by atoms with Crippen molar-refractivity contribution in [1.82, 2.24) is 9.97 Å². The number of aromatic nitrogens is 2. The maximum absolute atomic E-state index is 11.9. The summed E-state index contributed by atoms with van der Waals surface area (Å²) in [5.41, 5.74) is 0.846. The first-order chi connectivity index (χ1) is 14.6. The SMILES string of the molecule is CCCCCCOCCOc1cnc(-c2ccc(OC(=O)CC(C)CC)cc2)nc1. The van der Waals surface area contributed by atoms with Crippen LogP contribution in [-0.4, -0.2) is 35.8 Å². The molecule has 1 atom stereocenters. The van der Waals surface area contributed by atoms with E-state index in [4.69, 9.17) is 14.2 Å². The fourth-order valence-electron chi connectivity index (χ4n) is 2.77. The number of ether oxygens (including phenoxy) is 3. The Morgan fingerprint density at radius 3 is 2.33 bits per heavy atom. The minimum Gasteiger partial charge on any atom is -0.488 e. The Bertz CT molecular complexity index is 732. The monoisotopic (exact) mass is 414 g/mol. The van der Waals surface area contributed by atoms with Gasteiger partial charge in [0.25, 0.3) is 0 Å². The van der Waals surface area contributed by atoms with Crippen molar-refractivity contribution in [2.24, 2.45) is 5.92 Å². The van der Waals surface area contributed by atoms with E-state index in [2.05, 4.69) is 23.8 Å². The van der Waals surface area contributed by atoms with Crippen LogP contribution in [0.2, 0.25) is 0 Å². The number of carbonyl (C=O) groups is 1. The first-order valence-electron chi connectivity index (χ1n) is 11.0. The molecule has 1 aromatic heterocycles. The van der Waals surface area contributed by atoms with Gasteiger partial charge in [-0.1, -0.05) is 46.5 Å². The second-order valence-corrected chi connectivity index (χ2v) is 7.48. The molecule has 0 N–H and O–H groups in total. The lowest BCUT2D eigenvalue weighted by Crippen LogP contribution is -2.11. The van der Waals surface area contributed by atoms with Crippen LogP contribution in [0.4, 0.5) is 0 Å². The third-order valence-electron chi connectivity index (χ3n) is 4.82. The maximum Gasteiger partial charge on any atom is 0.311 e. The largest absolute Gasteiger partial charge is 0.488 e. The van der Waals surface area contributed by atoms with E-state index in [-0.39, 0.29) is 5.97 Å². The van der Waals surface area contributed by atoms with Gasteiger partial charge in [-0.05, 0) is 36.6 Å². The van der Waals surface area contributed by atoms with Gasteiger partial charge in [-0.15, -0.1) is 0 Å². The molecule has 0 fully saturated rings. The highest BCUT2D eigenvalue weighted by Crippen LogP contribution is 2.21. The standard InChI is InChI=1S/C24H34N2O4/c1-4-6-7-8-13-28-14-15-29-22-17-25-24(26-18-22)20-9-11-21(12-10-20)30-23(27)16-19(3)5-2/h9-12,17-19H,4-8,13-16H2,1-3H3. The molecular formula is C24H34N2O4. The van der Waals surface area contributed by atoms with Crippen molar-refractivity contribution >= 4 is 5.97 Å². The number of unbranched alkanes of at least 4 members (excludes halogenated alkanes) is 3. The first-order valence-corrected chi connectivity index (χ1v) is 11.0. The Labute approximate surface area is 180 Å². The summed E-state index contributed by atoms with van der Waals surface area (Å²) in [6.45, 7) is 8.12. The molecule has 6 heteroatoms. The molecule has 1 aromatic carbocycles. The maximum atomic E-state index is 11.9. The zero-order chi connectivity index (χ0) is 21.6. The fraction of sp³-hybridized carbons (Fsp3) is 0.542. The lowest BCUT2D eigenvalue weighted by molar-refractivity contribution is -0.135. The summed E-state index contributed by atoms with van der Waals surface area (Å²) in [6.07, 6.45) is 9.50. The molecule has 0 aliphatic carbocycles. The molecule has 0 saturated carbocycles. The van der Waals surface area contributed by atoms with Gasteiger partial charge in [0, 0.05) is 18.6 Å². The van der Waals surface area contributed by atoms with Gasteiger partial charge in [0.15, 0.2) is 11.6 Å². The zero-order valence-electron chi connectivity index (χ0n) is 18.4. The minimum absolute atomic E-state index is 0.209. The molecule has 6 nitrogen and oxygen atoms in total. The van der Waals surface area contributed by atoms with Gasteiger partial charge in [0.05, 0.1) is 19.0 Å². The average molecular weight is 415 g/mol. The van der Waals surface area contributed by atoms with Crippen LogP contribution < -0.4 is 9.47 Å². The van der Waals surface area contributed by atoms with Crippen LogP contribution in [0.3, 0.4) is 0 Å². The van der Waals surface area contributed by atoms with E-state index in [1.54, 1.807) is 24.5 Å².